The molecule has 0 amide bonds. The van der Waals surface area contributed by atoms with Crippen molar-refractivity contribution in [3.05, 3.63) is 89.2 Å². The number of hydrogen-bond donors (Lipinski definition) is 1. The molecule has 1 unspecified atom stereocenters. The molecular formula is C27H25F2N7O. The molecule has 2 aliphatic rings. The van der Waals surface area contributed by atoms with Gasteiger partial charge in [0.05, 0.1) is 5.69 Å². The number of halogens is 2. The van der Waals surface area contributed by atoms with Crippen LogP contribution in [0, 0.1) is 18.6 Å². The number of aromatic nitrogens is 5. The second kappa shape index (κ2) is 9.27. The fraction of sp³-hybridized carbons (Fsp3) is 0.259. The van der Waals surface area contributed by atoms with Gasteiger partial charge in [-0.2, -0.15) is 10.1 Å². The third kappa shape index (κ3) is 4.39. The molecule has 0 fully saturated rings. The Bertz CT molecular complexity index is 1520. The summed E-state index contributed by atoms with van der Waals surface area (Å²) in [6, 6.07) is 9.40. The highest BCUT2D eigenvalue weighted by molar-refractivity contribution is 5.64. The van der Waals surface area contributed by atoms with Crippen LogP contribution in [0.5, 0.6) is 5.75 Å². The standard InChI is InChI=1S/C27H25F2N7O/c1-16-30-15-36(34-16)23-10-6-18-14-24(23)37-12-4-3-11-35(2)26-21-9-8-20(25(21)32-27(31-18)33-26)19-7-5-17(28)13-22(19)29/h3-7,10,13-15,20H,8-9,11-12H2,1-2H3,(H,31,32,33)/b4-3-. The molecule has 0 radical (unpaired) electrons. The maximum Gasteiger partial charge on any atom is 0.229 e. The lowest BCUT2D eigenvalue weighted by atomic mass is 9.96. The number of likely N-dealkylation sites (N-methyl/N-ethyl adjacent to an activating group) is 1. The van der Waals surface area contributed by atoms with Gasteiger partial charge in [-0.05, 0) is 49.6 Å². The van der Waals surface area contributed by atoms with Gasteiger partial charge in [0.25, 0.3) is 0 Å². The number of anilines is 3. The van der Waals surface area contributed by atoms with E-state index in [4.69, 9.17) is 14.7 Å². The smallest absolute Gasteiger partial charge is 0.229 e. The monoisotopic (exact) mass is 501 g/mol. The summed E-state index contributed by atoms with van der Waals surface area (Å²) >= 11 is 0. The zero-order chi connectivity index (χ0) is 25.5. The second-order valence-electron chi connectivity index (χ2n) is 9.20. The quantitative estimate of drug-likeness (QED) is 0.393. The second-order valence-corrected chi connectivity index (χ2v) is 9.20. The van der Waals surface area contributed by atoms with Crippen LogP contribution in [0.1, 0.15) is 35.0 Å². The summed E-state index contributed by atoms with van der Waals surface area (Å²) in [5.41, 5.74) is 3.68. The lowest BCUT2D eigenvalue weighted by Gasteiger charge is -2.21. The average molecular weight is 502 g/mol. The number of nitrogens with one attached hydrogen (secondary N) is 1. The van der Waals surface area contributed by atoms with Crippen molar-refractivity contribution in [1.82, 2.24) is 24.7 Å². The van der Waals surface area contributed by atoms with Crippen LogP contribution in [-0.4, -0.2) is 44.9 Å². The Balaban J connectivity index is 1.44. The van der Waals surface area contributed by atoms with E-state index < -0.39 is 11.6 Å². The van der Waals surface area contributed by atoms with E-state index in [1.165, 1.54) is 12.1 Å². The average Bonchev–Trinajstić information content (AvgIpc) is 3.49. The van der Waals surface area contributed by atoms with E-state index in [0.29, 0.717) is 49.1 Å². The summed E-state index contributed by atoms with van der Waals surface area (Å²) < 4.78 is 36.1. The minimum atomic E-state index is -0.593. The van der Waals surface area contributed by atoms with Crippen LogP contribution in [0.3, 0.4) is 0 Å². The van der Waals surface area contributed by atoms with Crippen LogP contribution >= 0.6 is 0 Å². The van der Waals surface area contributed by atoms with Crippen molar-refractivity contribution < 1.29 is 13.5 Å². The molecule has 0 saturated heterocycles. The normalized spacial score (nSPS) is 17.6. The molecule has 1 N–H and O–H groups in total. The van der Waals surface area contributed by atoms with Gasteiger partial charge < -0.3 is 15.0 Å². The van der Waals surface area contributed by atoms with Crippen molar-refractivity contribution >= 4 is 17.5 Å². The van der Waals surface area contributed by atoms with Crippen molar-refractivity contribution in [2.75, 3.05) is 30.4 Å². The van der Waals surface area contributed by atoms with Gasteiger partial charge in [-0.3, -0.25) is 0 Å². The summed E-state index contributed by atoms with van der Waals surface area (Å²) in [5.74, 6) is 1.04. The van der Waals surface area contributed by atoms with Crippen LogP contribution < -0.4 is 15.0 Å². The Morgan fingerprint density at radius 3 is 2.78 bits per heavy atom. The number of ether oxygens (including phenoxy) is 1. The lowest BCUT2D eigenvalue weighted by molar-refractivity contribution is 0.360. The van der Waals surface area contributed by atoms with E-state index >= 15 is 0 Å². The molecule has 1 aliphatic carbocycles. The fourth-order valence-corrected chi connectivity index (χ4v) is 4.91. The molecule has 0 spiro atoms. The van der Waals surface area contributed by atoms with E-state index in [0.717, 1.165) is 34.5 Å². The summed E-state index contributed by atoms with van der Waals surface area (Å²) in [6.45, 7) is 2.81. The molecule has 4 bridgehead atoms. The maximum absolute atomic E-state index is 14.8. The number of benzene rings is 2. The van der Waals surface area contributed by atoms with Gasteiger partial charge in [-0.15, -0.1) is 0 Å². The Morgan fingerprint density at radius 2 is 1.97 bits per heavy atom. The molecule has 188 valence electrons. The Hall–Kier alpha value is -4.34. The molecule has 4 aromatic rings. The highest BCUT2D eigenvalue weighted by Gasteiger charge is 2.32. The van der Waals surface area contributed by atoms with E-state index in [1.54, 1.807) is 11.0 Å². The number of nitrogens with zero attached hydrogens (tertiary/aromatic N) is 6. The number of hydrogen-bond acceptors (Lipinski definition) is 7. The molecule has 6 rings (SSSR count). The molecule has 37 heavy (non-hydrogen) atoms. The molecule has 0 saturated carbocycles. The number of fused-ring (bicyclic) bond motifs is 6. The van der Waals surface area contributed by atoms with Gasteiger partial charge in [0.15, 0.2) is 0 Å². The van der Waals surface area contributed by atoms with Crippen LogP contribution in [0.15, 0.2) is 54.9 Å². The van der Waals surface area contributed by atoms with Gasteiger partial charge in [0, 0.05) is 42.9 Å². The van der Waals surface area contributed by atoms with Gasteiger partial charge in [0.2, 0.25) is 5.95 Å². The van der Waals surface area contributed by atoms with E-state index in [1.807, 2.05) is 49.2 Å². The third-order valence-electron chi connectivity index (χ3n) is 6.68. The lowest BCUT2D eigenvalue weighted by Crippen LogP contribution is -2.21. The van der Waals surface area contributed by atoms with Crippen molar-refractivity contribution in [3.63, 3.8) is 0 Å². The van der Waals surface area contributed by atoms with Crippen molar-refractivity contribution in [2.24, 2.45) is 0 Å². The summed E-state index contributed by atoms with van der Waals surface area (Å²) in [6.07, 6.45) is 7.02. The van der Waals surface area contributed by atoms with Gasteiger partial charge in [-0.25, -0.2) is 23.4 Å². The Morgan fingerprint density at radius 1 is 1.08 bits per heavy atom. The Labute approximate surface area is 212 Å². The van der Waals surface area contributed by atoms with Crippen molar-refractivity contribution in [2.45, 2.75) is 25.7 Å². The summed E-state index contributed by atoms with van der Waals surface area (Å²) in [4.78, 5) is 15.9. The SMILES string of the molecule is Cc1ncn(-c2ccc3cc2OC/C=C\CN(C)c2nc(nc4c2CCC4c2ccc(F)cc2F)N3)n1. The largest absolute Gasteiger partial charge is 0.487 e. The molecule has 3 heterocycles. The summed E-state index contributed by atoms with van der Waals surface area (Å²) in [5, 5.41) is 7.71. The van der Waals surface area contributed by atoms with Crippen LogP contribution in [0.4, 0.5) is 26.2 Å². The first-order chi connectivity index (χ1) is 18.0. The zero-order valence-corrected chi connectivity index (χ0v) is 20.4. The van der Waals surface area contributed by atoms with Crippen LogP contribution in [-0.2, 0) is 6.42 Å². The van der Waals surface area contributed by atoms with Crippen molar-refractivity contribution in [3.8, 4) is 11.4 Å². The zero-order valence-electron chi connectivity index (χ0n) is 20.4. The van der Waals surface area contributed by atoms with Gasteiger partial charge in [0.1, 0.15) is 47.6 Å². The molecule has 2 aromatic carbocycles. The van der Waals surface area contributed by atoms with E-state index in [2.05, 4.69) is 15.4 Å². The van der Waals surface area contributed by atoms with Crippen LogP contribution in [0.25, 0.3) is 5.69 Å². The topological polar surface area (TPSA) is 81.0 Å². The number of aryl methyl sites for hydroxylation is 1. The Kier molecular flexibility index (Phi) is 5.78. The first-order valence-electron chi connectivity index (χ1n) is 12.1. The molecule has 2 aromatic heterocycles. The fourth-order valence-electron chi connectivity index (χ4n) is 4.91. The molecule has 10 heteroatoms. The summed E-state index contributed by atoms with van der Waals surface area (Å²) in [7, 11) is 1.97. The molecule has 1 atom stereocenters. The first-order valence-corrected chi connectivity index (χ1v) is 12.1. The predicted molar refractivity (Wildman–Crippen MR) is 136 cm³/mol. The first kappa shape index (κ1) is 23.1. The van der Waals surface area contributed by atoms with Gasteiger partial charge >= 0.3 is 0 Å². The minimum absolute atomic E-state index is 0.283. The van der Waals surface area contributed by atoms with Crippen molar-refractivity contribution in [1.29, 1.82) is 0 Å². The van der Waals surface area contributed by atoms with E-state index in [-0.39, 0.29) is 5.92 Å². The third-order valence-corrected chi connectivity index (χ3v) is 6.68. The van der Waals surface area contributed by atoms with Crippen LogP contribution in [0.2, 0.25) is 0 Å². The number of rotatable bonds is 2. The predicted octanol–water partition coefficient (Wildman–Crippen LogP) is 4.85. The molecular weight excluding hydrogens is 476 g/mol. The highest BCUT2D eigenvalue weighted by Crippen LogP contribution is 2.42. The highest BCUT2D eigenvalue weighted by atomic mass is 19.1. The molecule has 8 nitrogen and oxygen atoms in total. The van der Waals surface area contributed by atoms with Gasteiger partial charge in [-0.1, -0.05) is 12.1 Å². The van der Waals surface area contributed by atoms with E-state index in [9.17, 15) is 8.78 Å². The maximum atomic E-state index is 14.8. The minimum Gasteiger partial charge on any atom is -0.487 e. The molecule has 1 aliphatic heterocycles.